The lowest BCUT2D eigenvalue weighted by Crippen LogP contribution is -2.54. The van der Waals surface area contributed by atoms with Gasteiger partial charge in [-0.05, 0) is 55.0 Å². The Hall–Kier alpha value is -1.65. The quantitative estimate of drug-likeness (QED) is 0.502. The molecule has 5 heteroatoms. The molecule has 0 amide bonds. The first-order valence-electron chi connectivity index (χ1n) is 10.9. The number of fused-ring (bicyclic) bond motifs is 3. The van der Waals surface area contributed by atoms with Crippen LogP contribution >= 0.6 is 11.6 Å². The molecule has 0 spiro atoms. The van der Waals surface area contributed by atoms with E-state index in [0.717, 1.165) is 30.9 Å². The summed E-state index contributed by atoms with van der Waals surface area (Å²) in [6.07, 6.45) is 4.29. The van der Waals surface area contributed by atoms with Crippen LogP contribution < -0.4 is 4.74 Å². The zero-order valence-corrected chi connectivity index (χ0v) is 18.4. The number of benzene rings is 2. The molecule has 0 aromatic heterocycles. The van der Waals surface area contributed by atoms with Gasteiger partial charge in [-0.1, -0.05) is 50.4 Å². The van der Waals surface area contributed by atoms with Crippen molar-refractivity contribution in [1.82, 2.24) is 0 Å². The van der Waals surface area contributed by atoms with Crippen molar-refractivity contribution in [3.8, 4) is 5.75 Å². The Bertz CT molecular complexity index is 883. The van der Waals surface area contributed by atoms with Crippen molar-refractivity contribution < 1.29 is 18.3 Å². The summed E-state index contributed by atoms with van der Waals surface area (Å²) in [5, 5.41) is 0.663. The molecule has 2 aliphatic heterocycles. The third kappa shape index (κ3) is 4.09. The molecule has 2 aromatic rings. The fraction of sp³-hybridized carbons (Fsp3) is 0.520. The second-order valence-electron chi connectivity index (χ2n) is 9.09. The summed E-state index contributed by atoms with van der Waals surface area (Å²) in [6, 6.07) is 10.0. The van der Waals surface area contributed by atoms with E-state index in [0.29, 0.717) is 42.6 Å². The molecule has 0 aliphatic carbocycles. The van der Waals surface area contributed by atoms with Gasteiger partial charge in [0.15, 0.2) is 11.6 Å². The van der Waals surface area contributed by atoms with Crippen LogP contribution in [0.4, 0.5) is 8.78 Å². The van der Waals surface area contributed by atoms with Crippen molar-refractivity contribution in [2.75, 3.05) is 13.2 Å². The van der Waals surface area contributed by atoms with Gasteiger partial charge in [0, 0.05) is 28.5 Å². The van der Waals surface area contributed by atoms with Gasteiger partial charge < -0.3 is 9.47 Å². The van der Waals surface area contributed by atoms with Crippen LogP contribution in [0.3, 0.4) is 0 Å². The van der Waals surface area contributed by atoms with Crippen LogP contribution in [0.5, 0.6) is 5.75 Å². The van der Waals surface area contributed by atoms with E-state index in [1.54, 1.807) is 0 Å². The third-order valence-electron chi connectivity index (χ3n) is 6.71. The van der Waals surface area contributed by atoms with Gasteiger partial charge in [-0.15, -0.1) is 0 Å². The molecule has 1 saturated heterocycles. The molecule has 2 aromatic carbocycles. The highest BCUT2D eigenvalue weighted by molar-refractivity contribution is 6.30. The van der Waals surface area contributed by atoms with Gasteiger partial charge in [-0.2, -0.15) is 0 Å². The van der Waals surface area contributed by atoms with E-state index in [1.807, 2.05) is 24.3 Å². The fourth-order valence-corrected chi connectivity index (χ4v) is 5.35. The monoisotopic (exact) mass is 434 g/mol. The molecule has 2 heterocycles. The normalized spacial score (nSPS) is 25.5. The van der Waals surface area contributed by atoms with E-state index in [-0.39, 0.29) is 17.8 Å². The molecule has 3 atom stereocenters. The van der Waals surface area contributed by atoms with E-state index in [4.69, 9.17) is 21.1 Å². The number of rotatable bonds is 6. The molecule has 0 saturated carbocycles. The first-order valence-corrected chi connectivity index (χ1v) is 11.3. The number of ether oxygens (including phenoxy) is 2. The summed E-state index contributed by atoms with van der Waals surface area (Å²) >= 11 is 6.07. The lowest BCUT2D eigenvalue weighted by molar-refractivity contribution is -0.0995. The second kappa shape index (κ2) is 8.84. The minimum absolute atomic E-state index is 0.0272. The predicted octanol–water partition coefficient (Wildman–Crippen LogP) is 6.72. The van der Waals surface area contributed by atoms with E-state index in [2.05, 4.69) is 13.8 Å². The largest absolute Gasteiger partial charge is 0.490 e. The first kappa shape index (κ1) is 21.6. The summed E-state index contributed by atoms with van der Waals surface area (Å²) in [6.45, 7) is 5.30. The Kier molecular flexibility index (Phi) is 6.36. The Balaban J connectivity index is 1.75. The second-order valence-corrected chi connectivity index (χ2v) is 9.53. The van der Waals surface area contributed by atoms with Crippen molar-refractivity contribution in [3.05, 3.63) is 64.2 Å². The summed E-state index contributed by atoms with van der Waals surface area (Å²) in [5.74, 6) is -0.223. The maximum atomic E-state index is 15.2. The summed E-state index contributed by atoms with van der Waals surface area (Å²) in [4.78, 5) is 0. The number of halogens is 3. The zero-order chi connectivity index (χ0) is 21.3. The highest BCUT2D eigenvalue weighted by Crippen LogP contribution is 2.53. The van der Waals surface area contributed by atoms with Gasteiger partial charge in [0.1, 0.15) is 5.82 Å². The van der Waals surface area contributed by atoms with E-state index in [1.165, 1.54) is 6.07 Å². The topological polar surface area (TPSA) is 18.5 Å². The van der Waals surface area contributed by atoms with Crippen LogP contribution in [0, 0.1) is 23.5 Å². The Morgan fingerprint density at radius 1 is 1.10 bits per heavy atom. The van der Waals surface area contributed by atoms with Crippen LogP contribution in [0.1, 0.15) is 50.7 Å². The smallest absolute Gasteiger partial charge is 0.165 e. The van der Waals surface area contributed by atoms with Gasteiger partial charge >= 0.3 is 0 Å². The van der Waals surface area contributed by atoms with E-state index in [9.17, 15) is 4.39 Å². The SMILES string of the molecule is CC(C)CCC[C@H]1OCC[C@]2(Cc3ccc(Cl)cc3)c3c(F)ccc(F)c3OC[C@H]12. The molecular formula is C25H29ClF2O2. The molecule has 0 radical (unpaired) electrons. The minimum Gasteiger partial charge on any atom is -0.490 e. The molecule has 0 unspecified atom stereocenters. The molecule has 162 valence electrons. The molecule has 4 rings (SSSR count). The predicted molar refractivity (Wildman–Crippen MR) is 115 cm³/mol. The van der Waals surface area contributed by atoms with Crippen LogP contribution in [0.25, 0.3) is 0 Å². The average molecular weight is 435 g/mol. The van der Waals surface area contributed by atoms with Gasteiger partial charge in [0.25, 0.3) is 0 Å². The maximum Gasteiger partial charge on any atom is 0.165 e. The van der Waals surface area contributed by atoms with Gasteiger partial charge in [-0.3, -0.25) is 0 Å². The molecule has 2 nitrogen and oxygen atoms in total. The van der Waals surface area contributed by atoms with E-state index >= 15 is 4.39 Å². The van der Waals surface area contributed by atoms with Crippen molar-refractivity contribution in [2.45, 2.75) is 57.5 Å². The van der Waals surface area contributed by atoms with Crippen LogP contribution in [-0.4, -0.2) is 19.3 Å². The average Bonchev–Trinajstić information content (AvgIpc) is 2.72. The molecule has 0 N–H and O–H groups in total. The molecular weight excluding hydrogens is 406 g/mol. The fourth-order valence-electron chi connectivity index (χ4n) is 5.22. The van der Waals surface area contributed by atoms with Crippen LogP contribution in [-0.2, 0) is 16.6 Å². The van der Waals surface area contributed by atoms with Crippen molar-refractivity contribution in [3.63, 3.8) is 0 Å². The summed E-state index contributed by atoms with van der Waals surface area (Å²) in [7, 11) is 0. The van der Waals surface area contributed by atoms with Crippen molar-refractivity contribution in [1.29, 1.82) is 0 Å². The lowest BCUT2D eigenvalue weighted by atomic mass is 9.60. The number of hydrogen-bond donors (Lipinski definition) is 0. The lowest BCUT2D eigenvalue weighted by Gasteiger charge is -2.51. The van der Waals surface area contributed by atoms with Gasteiger partial charge in [-0.25, -0.2) is 8.78 Å². The standard InChI is InChI=1S/C25H29ClF2O2/c1-16(2)4-3-5-22-19-15-30-24-21(28)11-10-20(27)23(24)25(19,12-13-29-22)14-17-6-8-18(26)9-7-17/h6-11,16,19,22H,3-5,12-15H2,1-2H3/t19-,22-,25-/m1/s1. The van der Waals surface area contributed by atoms with Crippen molar-refractivity contribution in [2.24, 2.45) is 11.8 Å². The van der Waals surface area contributed by atoms with Gasteiger partial charge in [0.2, 0.25) is 0 Å². The van der Waals surface area contributed by atoms with Crippen LogP contribution in [0.2, 0.25) is 5.02 Å². The van der Waals surface area contributed by atoms with Crippen molar-refractivity contribution >= 4 is 11.6 Å². The highest BCUT2D eigenvalue weighted by Gasteiger charge is 2.53. The first-order chi connectivity index (χ1) is 14.4. The maximum absolute atomic E-state index is 15.2. The molecule has 30 heavy (non-hydrogen) atoms. The Morgan fingerprint density at radius 2 is 1.83 bits per heavy atom. The van der Waals surface area contributed by atoms with Gasteiger partial charge in [0.05, 0.1) is 12.7 Å². The third-order valence-corrected chi connectivity index (χ3v) is 6.96. The molecule has 2 aliphatic rings. The Morgan fingerprint density at radius 3 is 2.57 bits per heavy atom. The zero-order valence-electron chi connectivity index (χ0n) is 17.6. The van der Waals surface area contributed by atoms with Crippen LogP contribution in [0.15, 0.2) is 36.4 Å². The molecule has 1 fully saturated rings. The molecule has 0 bridgehead atoms. The highest BCUT2D eigenvalue weighted by atomic mass is 35.5. The Labute approximate surface area is 182 Å². The van der Waals surface area contributed by atoms with E-state index < -0.39 is 17.0 Å². The summed E-state index contributed by atoms with van der Waals surface area (Å²) < 4.78 is 41.8. The minimum atomic E-state index is -0.561. The summed E-state index contributed by atoms with van der Waals surface area (Å²) in [5.41, 5.74) is 0.878. The number of hydrogen-bond acceptors (Lipinski definition) is 2.